The van der Waals surface area contributed by atoms with Crippen molar-refractivity contribution in [1.82, 2.24) is 0 Å². The van der Waals surface area contributed by atoms with Crippen LogP contribution in [0.15, 0.2) is 40.2 Å². The Morgan fingerprint density at radius 1 is 1.13 bits per heavy atom. The van der Waals surface area contributed by atoms with E-state index in [1.807, 2.05) is 0 Å². The van der Waals surface area contributed by atoms with Crippen molar-refractivity contribution < 1.29 is 0 Å². The van der Waals surface area contributed by atoms with Crippen LogP contribution in [0, 0.1) is 3.57 Å². The van der Waals surface area contributed by atoms with Crippen LogP contribution in [0.3, 0.4) is 0 Å². The molecule has 0 aliphatic heterocycles. The molecule has 0 bridgehead atoms. The summed E-state index contributed by atoms with van der Waals surface area (Å²) in [6.45, 7) is 0. The van der Waals surface area contributed by atoms with Gasteiger partial charge in [0.05, 0.1) is 8.61 Å². The quantitative estimate of drug-likeness (QED) is 0.407. The molecule has 0 amide bonds. The molecule has 0 radical (unpaired) electrons. The smallest absolute Gasteiger partial charge is 0.0748 e. The van der Waals surface area contributed by atoms with Gasteiger partial charge in [0, 0.05) is 8.45 Å². The van der Waals surface area contributed by atoms with E-state index >= 15 is 0 Å². The summed E-state index contributed by atoms with van der Waals surface area (Å²) in [5.74, 6) is 0. The van der Waals surface area contributed by atoms with Crippen molar-refractivity contribution in [2.45, 2.75) is 4.83 Å². The summed E-state index contributed by atoms with van der Waals surface area (Å²) in [5.41, 5.74) is 1.33. The third-order valence-corrected chi connectivity index (χ3v) is 5.98. The van der Waals surface area contributed by atoms with Crippen molar-refractivity contribution >= 4 is 65.8 Å². The van der Waals surface area contributed by atoms with Crippen LogP contribution in [0.5, 0.6) is 0 Å². The van der Waals surface area contributed by atoms with Gasteiger partial charge < -0.3 is 0 Å². The summed E-state index contributed by atoms with van der Waals surface area (Å²) in [7, 11) is 0. The molecular formula is C11H7Br2IS. The first-order valence-corrected chi connectivity index (χ1v) is 7.92. The third-order valence-electron chi connectivity index (χ3n) is 2.02. The number of hydrogen-bond donors (Lipinski definition) is 0. The van der Waals surface area contributed by atoms with Crippen molar-refractivity contribution in [1.29, 1.82) is 0 Å². The molecule has 1 atom stereocenters. The molecule has 4 heteroatoms. The van der Waals surface area contributed by atoms with Crippen LogP contribution in [0.4, 0.5) is 0 Å². The monoisotopic (exact) mass is 456 g/mol. The minimum Gasteiger partial charge on any atom is -0.132 e. The van der Waals surface area contributed by atoms with Crippen LogP contribution in [-0.4, -0.2) is 0 Å². The highest BCUT2D eigenvalue weighted by Gasteiger charge is 2.14. The Balaban J connectivity index is 2.36. The van der Waals surface area contributed by atoms with Gasteiger partial charge in [0.15, 0.2) is 0 Å². The minimum absolute atomic E-state index is 0.293. The molecule has 1 aromatic carbocycles. The molecule has 0 spiro atoms. The van der Waals surface area contributed by atoms with Gasteiger partial charge in [-0.3, -0.25) is 0 Å². The van der Waals surface area contributed by atoms with Crippen molar-refractivity contribution in [3.63, 3.8) is 0 Å². The fourth-order valence-corrected chi connectivity index (χ4v) is 4.68. The van der Waals surface area contributed by atoms with Gasteiger partial charge in [-0.15, -0.1) is 11.3 Å². The molecule has 0 N–H and O–H groups in total. The first kappa shape index (κ1) is 12.1. The zero-order valence-corrected chi connectivity index (χ0v) is 13.7. The number of hydrogen-bond acceptors (Lipinski definition) is 1. The predicted molar refractivity (Wildman–Crippen MR) is 81.9 cm³/mol. The van der Waals surface area contributed by atoms with Crippen LogP contribution >= 0.6 is 65.8 Å². The van der Waals surface area contributed by atoms with Crippen LogP contribution in [0.2, 0.25) is 0 Å². The number of halogens is 3. The molecule has 0 aliphatic carbocycles. The van der Waals surface area contributed by atoms with Crippen molar-refractivity contribution in [2.75, 3.05) is 0 Å². The maximum absolute atomic E-state index is 3.74. The first-order chi connectivity index (χ1) is 7.18. The second-order valence-electron chi connectivity index (χ2n) is 3.03. The van der Waals surface area contributed by atoms with E-state index in [0.29, 0.717) is 4.83 Å². The molecule has 0 saturated heterocycles. The number of thiophene rings is 1. The highest BCUT2D eigenvalue weighted by atomic mass is 127. The zero-order chi connectivity index (χ0) is 10.8. The molecule has 2 aromatic rings. The Labute approximate surface area is 123 Å². The average molecular weight is 458 g/mol. The van der Waals surface area contributed by atoms with Crippen molar-refractivity contribution in [3.8, 4) is 0 Å². The van der Waals surface area contributed by atoms with Gasteiger partial charge in [-0.2, -0.15) is 0 Å². The number of alkyl halides is 1. The molecule has 1 aromatic heterocycles. The van der Waals surface area contributed by atoms with Crippen LogP contribution in [-0.2, 0) is 0 Å². The minimum atomic E-state index is 0.293. The molecule has 15 heavy (non-hydrogen) atoms. The normalized spacial score (nSPS) is 12.7. The Hall–Kier alpha value is 0.610. The van der Waals surface area contributed by atoms with E-state index in [1.165, 1.54) is 17.8 Å². The van der Waals surface area contributed by atoms with Gasteiger partial charge in [-0.1, -0.05) is 34.1 Å². The van der Waals surface area contributed by atoms with E-state index in [0.717, 1.165) is 0 Å². The molecular weight excluding hydrogens is 451 g/mol. The van der Waals surface area contributed by atoms with E-state index in [2.05, 4.69) is 90.8 Å². The summed E-state index contributed by atoms with van der Waals surface area (Å²) in [6.07, 6.45) is 0. The Morgan fingerprint density at radius 3 is 2.47 bits per heavy atom. The van der Waals surface area contributed by atoms with Crippen LogP contribution in [0.25, 0.3) is 0 Å². The lowest BCUT2D eigenvalue weighted by molar-refractivity contribution is 1.21. The van der Waals surface area contributed by atoms with E-state index < -0.39 is 0 Å². The number of benzene rings is 1. The molecule has 0 fully saturated rings. The molecule has 2 rings (SSSR count). The first-order valence-electron chi connectivity index (χ1n) is 4.32. The summed E-state index contributed by atoms with van der Waals surface area (Å²) in [4.78, 5) is 1.62. The second kappa shape index (κ2) is 5.29. The van der Waals surface area contributed by atoms with Gasteiger partial charge in [0.25, 0.3) is 0 Å². The SMILES string of the molecule is Brc1ccc(C(Br)c2ccccc2I)s1. The van der Waals surface area contributed by atoms with Gasteiger partial charge in [-0.05, 0) is 62.3 Å². The fourth-order valence-electron chi connectivity index (χ4n) is 1.30. The Kier molecular flexibility index (Phi) is 4.26. The predicted octanol–water partition coefficient (Wildman–Crippen LogP) is 5.60. The van der Waals surface area contributed by atoms with Crippen LogP contribution < -0.4 is 0 Å². The summed E-state index contributed by atoms with van der Waals surface area (Å²) < 4.78 is 2.47. The zero-order valence-electron chi connectivity index (χ0n) is 7.58. The standard InChI is InChI=1S/C11H7Br2IS/c12-10-6-5-9(15-10)11(13)7-3-1-2-4-8(7)14/h1-6,11H. The van der Waals surface area contributed by atoms with Crippen LogP contribution in [0.1, 0.15) is 15.3 Å². The van der Waals surface area contributed by atoms with E-state index in [9.17, 15) is 0 Å². The second-order valence-corrected chi connectivity index (χ2v) is 7.60. The van der Waals surface area contributed by atoms with Gasteiger partial charge in [0.1, 0.15) is 0 Å². The van der Waals surface area contributed by atoms with Gasteiger partial charge in [0.2, 0.25) is 0 Å². The summed E-state index contributed by atoms with van der Waals surface area (Å²) >= 11 is 11.4. The fraction of sp³-hybridized carbons (Fsp3) is 0.0909. The third kappa shape index (κ3) is 2.84. The lowest BCUT2D eigenvalue weighted by Gasteiger charge is -2.09. The highest BCUT2D eigenvalue weighted by Crippen LogP contribution is 2.38. The van der Waals surface area contributed by atoms with Gasteiger partial charge in [-0.25, -0.2) is 0 Å². The summed E-state index contributed by atoms with van der Waals surface area (Å²) in [5, 5.41) is 0. The van der Waals surface area contributed by atoms with E-state index in [4.69, 9.17) is 0 Å². The lowest BCUT2D eigenvalue weighted by Crippen LogP contribution is -1.92. The molecule has 0 aliphatic rings. The van der Waals surface area contributed by atoms with Crippen molar-refractivity contribution in [3.05, 3.63) is 54.2 Å². The van der Waals surface area contributed by atoms with E-state index in [1.54, 1.807) is 11.3 Å². The highest BCUT2D eigenvalue weighted by molar-refractivity contribution is 14.1. The maximum Gasteiger partial charge on any atom is 0.0748 e. The average Bonchev–Trinajstić information content (AvgIpc) is 2.65. The topological polar surface area (TPSA) is 0 Å². The molecule has 0 nitrogen and oxygen atoms in total. The molecule has 1 heterocycles. The van der Waals surface area contributed by atoms with Crippen molar-refractivity contribution in [2.24, 2.45) is 0 Å². The van der Waals surface area contributed by atoms with Gasteiger partial charge >= 0.3 is 0 Å². The molecule has 78 valence electrons. The Morgan fingerprint density at radius 2 is 1.87 bits per heavy atom. The molecule has 1 unspecified atom stereocenters. The lowest BCUT2D eigenvalue weighted by atomic mass is 10.1. The largest absolute Gasteiger partial charge is 0.132 e. The van der Waals surface area contributed by atoms with E-state index in [-0.39, 0.29) is 0 Å². The maximum atomic E-state index is 3.74. The summed E-state index contributed by atoms with van der Waals surface area (Å²) in [6, 6.07) is 12.7. The number of rotatable bonds is 2. The molecule has 0 saturated carbocycles. The Bertz CT molecular complexity index is 467.